The lowest BCUT2D eigenvalue weighted by molar-refractivity contribution is -0.323. The highest BCUT2D eigenvalue weighted by molar-refractivity contribution is 5.76. The molecule has 0 saturated heterocycles. The Kier molecular flexibility index (Phi) is 5.48. The van der Waals surface area contributed by atoms with E-state index in [1.165, 1.54) is 0 Å². The molecule has 0 fully saturated rings. The molecule has 0 saturated carbocycles. The maximum atomic E-state index is 9.58. The van der Waals surface area contributed by atoms with E-state index in [0.29, 0.717) is 0 Å². The summed E-state index contributed by atoms with van der Waals surface area (Å²) in [5.74, 6) is -3.43. The minimum absolute atomic E-state index is 0. The highest BCUT2D eigenvalue weighted by Crippen LogP contribution is 1.85. The molecule has 0 bridgehead atoms. The van der Waals surface area contributed by atoms with Crippen molar-refractivity contribution >= 4 is 11.9 Å². The summed E-state index contributed by atoms with van der Waals surface area (Å²) in [5.41, 5.74) is 0. The van der Waals surface area contributed by atoms with Crippen molar-refractivity contribution in [3.63, 3.8) is 0 Å². The van der Waals surface area contributed by atoms with Crippen LogP contribution in [0.5, 0.6) is 0 Å². The molecule has 0 aliphatic carbocycles. The summed E-state index contributed by atoms with van der Waals surface area (Å²) in [4.78, 5) is 19.1. The average Bonchev–Trinajstić information content (AvgIpc) is 1.63. The first-order chi connectivity index (χ1) is 4.04. The van der Waals surface area contributed by atoms with Crippen molar-refractivity contribution < 1.29 is 24.9 Å². The summed E-state index contributed by atoms with van der Waals surface area (Å²) in [7, 11) is 0. The van der Waals surface area contributed by atoms with Gasteiger partial charge < -0.3 is 31.1 Å². The first-order valence-corrected chi connectivity index (χ1v) is 2.13. The normalized spacial score (nSPS) is 11.3. The summed E-state index contributed by atoms with van der Waals surface area (Å²) in [5, 5.41) is 27.3. The van der Waals surface area contributed by atoms with Gasteiger partial charge in [-0.05, 0) is 0 Å². The van der Waals surface area contributed by atoms with Crippen molar-refractivity contribution in [2.75, 3.05) is 0 Å². The molecule has 0 radical (unpaired) electrons. The lowest BCUT2D eigenvalue weighted by Gasteiger charge is -2.10. The minimum Gasteiger partial charge on any atom is -0.550 e. The van der Waals surface area contributed by atoms with Crippen molar-refractivity contribution in [1.82, 2.24) is 6.15 Å². The minimum atomic E-state index is -1.96. The molecule has 0 aromatic carbocycles. The summed E-state index contributed by atoms with van der Waals surface area (Å²) >= 11 is 0. The van der Waals surface area contributed by atoms with Gasteiger partial charge >= 0.3 is 0 Å². The second-order valence-corrected chi connectivity index (χ2v) is 1.41. The van der Waals surface area contributed by atoms with E-state index in [-0.39, 0.29) is 6.15 Å². The number of aliphatic hydroxyl groups is 1. The number of carbonyl (C=O) groups excluding carboxylic acids is 2. The van der Waals surface area contributed by atoms with Crippen LogP contribution in [0.2, 0.25) is 0 Å². The van der Waals surface area contributed by atoms with Crippen LogP contribution in [0.3, 0.4) is 0 Å². The van der Waals surface area contributed by atoms with Gasteiger partial charge in [-0.25, -0.2) is 0 Å². The number of aliphatic carboxylic acids is 2. The molecule has 1 atom stereocenters. The number of rotatable bonds is 3. The molecule has 5 N–H and O–H groups in total. The Bertz CT molecular complexity index is 134. The lowest BCUT2D eigenvalue weighted by Crippen LogP contribution is -2.39. The lowest BCUT2D eigenvalue weighted by atomic mass is 10.3. The molecule has 6 nitrogen and oxygen atoms in total. The number of aliphatic hydroxyl groups excluding tert-OH is 1. The van der Waals surface area contributed by atoms with E-state index < -0.39 is 24.5 Å². The first kappa shape index (κ1) is 11.6. The maximum Gasteiger partial charge on any atom is 0.0985 e. The van der Waals surface area contributed by atoms with Gasteiger partial charge in [0.15, 0.2) is 0 Å². The Hall–Kier alpha value is -1.14. The number of carboxylic acid groups (broad SMARTS) is 2. The average molecular weight is 150 g/mol. The maximum absolute atomic E-state index is 9.58. The van der Waals surface area contributed by atoms with Crippen LogP contribution >= 0.6 is 0 Å². The second kappa shape index (κ2) is 4.71. The van der Waals surface area contributed by atoms with Crippen molar-refractivity contribution in [2.24, 2.45) is 0 Å². The molecule has 0 spiro atoms. The molecule has 0 rings (SSSR count). The Morgan fingerprint density at radius 2 is 1.80 bits per heavy atom. The van der Waals surface area contributed by atoms with E-state index >= 15 is 0 Å². The van der Waals surface area contributed by atoms with E-state index in [2.05, 4.69) is 0 Å². The molecule has 0 aliphatic heterocycles. The van der Waals surface area contributed by atoms with Crippen LogP contribution in [-0.2, 0) is 9.59 Å². The van der Waals surface area contributed by atoms with Crippen LogP contribution in [0.15, 0.2) is 0 Å². The first-order valence-electron chi connectivity index (χ1n) is 2.13. The van der Waals surface area contributed by atoms with E-state index in [1.54, 1.807) is 0 Å². The van der Waals surface area contributed by atoms with Gasteiger partial charge in [-0.15, -0.1) is 0 Å². The van der Waals surface area contributed by atoms with Gasteiger partial charge in [0.2, 0.25) is 0 Å². The van der Waals surface area contributed by atoms with Crippen molar-refractivity contribution in [3.05, 3.63) is 0 Å². The van der Waals surface area contributed by atoms with Crippen LogP contribution in [-0.4, -0.2) is 23.1 Å². The van der Waals surface area contributed by atoms with Crippen molar-refractivity contribution in [2.45, 2.75) is 12.5 Å². The van der Waals surface area contributed by atoms with Gasteiger partial charge in [0.1, 0.15) is 0 Å². The van der Waals surface area contributed by atoms with Gasteiger partial charge in [0.25, 0.3) is 0 Å². The highest BCUT2D eigenvalue weighted by Gasteiger charge is 2.03. The zero-order valence-electron chi connectivity index (χ0n) is 5.36. The Labute approximate surface area is 56.7 Å². The fourth-order valence-corrected chi connectivity index (χ4v) is 0.241. The monoisotopic (exact) mass is 150 g/mol. The largest absolute Gasteiger partial charge is 0.550 e. The van der Waals surface area contributed by atoms with Crippen molar-refractivity contribution in [3.8, 4) is 0 Å². The molecule has 6 heteroatoms. The second-order valence-electron chi connectivity index (χ2n) is 1.41. The third-order valence-electron chi connectivity index (χ3n) is 0.632. The standard InChI is InChI=1S/C4H6O5.H3N/c5-2(4(8)9)1-3(6)7;/h2,5H,1H2,(H,6,7)(H,8,9);1H3/p-1. The Morgan fingerprint density at radius 1 is 1.40 bits per heavy atom. The molecular weight excluding hydrogens is 142 g/mol. The molecular formula is C4H8NO5-. The number of quaternary nitrogens is 1. The topological polar surface area (TPSA) is 137 Å². The van der Waals surface area contributed by atoms with Crippen LogP contribution < -0.4 is 16.4 Å². The Balaban J connectivity index is 0. The van der Waals surface area contributed by atoms with Crippen LogP contribution in [0.25, 0.3) is 0 Å². The molecule has 0 heterocycles. The molecule has 60 valence electrons. The molecule has 0 amide bonds. The van der Waals surface area contributed by atoms with Crippen LogP contribution in [0.1, 0.15) is 6.42 Å². The molecule has 0 aromatic heterocycles. The number of carbonyl (C=O) groups is 2. The highest BCUT2D eigenvalue weighted by atomic mass is 16.4. The third kappa shape index (κ3) is 5.01. The van der Waals surface area contributed by atoms with Gasteiger partial charge in [0.05, 0.1) is 12.1 Å². The zero-order chi connectivity index (χ0) is 7.44. The Morgan fingerprint density at radius 3 is 1.90 bits per heavy atom. The predicted octanol–water partition coefficient (Wildman–Crippen LogP) is -3.39. The van der Waals surface area contributed by atoms with Crippen LogP contribution in [0, 0.1) is 0 Å². The molecule has 1 unspecified atom stereocenters. The third-order valence-corrected chi connectivity index (χ3v) is 0.632. The zero-order valence-corrected chi connectivity index (χ0v) is 5.36. The van der Waals surface area contributed by atoms with Gasteiger partial charge in [-0.1, -0.05) is 0 Å². The fourth-order valence-electron chi connectivity index (χ4n) is 0.241. The summed E-state index contributed by atoms with van der Waals surface area (Å²) in [6.07, 6.45) is -2.89. The quantitative estimate of drug-likeness (QED) is 0.432. The van der Waals surface area contributed by atoms with Gasteiger partial charge in [-0.3, -0.25) is 0 Å². The predicted molar refractivity (Wildman–Crippen MR) is 26.6 cm³/mol. The van der Waals surface area contributed by atoms with Crippen LogP contribution in [0.4, 0.5) is 0 Å². The number of carboxylic acids is 2. The fraction of sp³-hybridized carbons (Fsp3) is 0.500. The molecule has 0 aromatic rings. The smallest absolute Gasteiger partial charge is 0.0985 e. The summed E-state index contributed by atoms with van der Waals surface area (Å²) in [6, 6.07) is 0. The number of hydrogen-bond donors (Lipinski definition) is 2. The van der Waals surface area contributed by atoms with Crippen molar-refractivity contribution in [1.29, 1.82) is 0 Å². The molecule has 10 heavy (non-hydrogen) atoms. The summed E-state index contributed by atoms with van der Waals surface area (Å²) < 4.78 is 0. The van der Waals surface area contributed by atoms with Gasteiger partial charge in [-0.2, -0.15) is 0 Å². The van der Waals surface area contributed by atoms with E-state index in [9.17, 15) is 19.8 Å². The SMILES string of the molecule is O=C([O-])CC(O)C(=O)[O-].[NH4+]. The summed E-state index contributed by atoms with van der Waals surface area (Å²) in [6.45, 7) is 0. The van der Waals surface area contributed by atoms with E-state index in [1.807, 2.05) is 0 Å². The number of hydrogen-bond acceptors (Lipinski definition) is 5. The van der Waals surface area contributed by atoms with E-state index in [4.69, 9.17) is 5.11 Å². The molecule has 0 aliphatic rings. The van der Waals surface area contributed by atoms with Gasteiger partial charge in [0, 0.05) is 12.4 Å². The van der Waals surface area contributed by atoms with E-state index in [0.717, 1.165) is 0 Å².